The third-order valence-electron chi connectivity index (χ3n) is 6.44. The van der Waals surface area contributed by atoms with Gasteiger partial charge in [-0.1, -0.05) is 44.2 Å². The molecule has 1 aliphatic heterocycles. The lowest BCUT2D eigenvalue weighted by Crippen LogP contribution is -2.33. The Labute approximate surface area is 186 Å². The van der Waals surface area contributed by atoms with Crippen LogP contribution < -0.4 is 10.1 Å². The van der Waals surface area contributed by atoms with Crippen molar-refractivity contribution in [2.45, 2.75) is 52.0 Å². The number of hydrogen-bond acceptors (Lipinski definition) is 3. The molecule has 1 heterocycles. The number of allylic oxidation sites excluding steroid dienone is 2. The van der Waals surface area contributed by atoms with Crippen LogP contribution in [0.2, 0.25) is 0 Å². The second-order valence-corrected chi connectivity index (χ2v) is 8.54. The fourth-order valence-corrected chi connectivity index (χ4v) is 5.10. The lowest BCUT2D eigenvalue weighted by atomic mass is 9.76. The fourth-order valence-electron chi connectivity index (χ4n) is 5.10. The zero-order chi connectivity index (χ0) is 21.8. The first kappa shape index (κ1) is 21.5. The summed E-state index contributed by atoms with van der Waals surface area (Å²) in [5.41, 5.74) is 4.38. The molecule has 0 aromatic heterocycles. The van der Waals surface area contributed by atoms with Crippen LogP contribution in [0, 0.1) is 5.92 Å². The molecular weight excluding hydrogens is 384 g/mol. The molecule has 3 atom stereocenters. The fraction of sp³-hybridized carbons (Fsp3) is 0.444. The van der Waals surface area contributed by atoms with E-state index in [9.17, 15) is 4.79 Å². The maximum Gasteiger partial charge on any atom is 0.253 e. The SMILES string of the molecule is CCCN(CCC)C(=O)c1ccc2c(c1)C1C=CCC1C(c1ccccc1OCC)N2. The number of anilines is 1. The van der Waals surface area contributed by atoms with Crippen molar-refractivity contribution < 1.29 is 9.53 Å². The van der Waals surface area contributed by atoms with Crippen LogP contribution >= 0.6 is 0 Å². The molecule has 1 N–H and O–H groups in total. The first-order chi connectivity index (χ1) is 15.2. The molecule has 4 heteroatoms. The van der Waals surface area contributed by atoms with Crippen molar-refractivity contribution in [2.75, 3.05) is 25.0 Å². The molecule has 3 unspecified atom stereocenters. The minimum absolute atomic E-state index is 0.147. The Bertz CT molecular complexity index is 946. The van der Waals surface area contributed by atoms with Crippen LogP contribution in [0.5, 0.6) is 5.75 Å². The Morgan fingerprint density at radius 2 is 1.84 bits per heavy atom. The predicted octanol–water partition coefficient (Wildman–Crippen LogP) is 6.17. The van der Waals surface area contributed by atoms with Crippen LogP contribution in [0.3, 0.4) is 0 Å². The minimum atomic E-state index is 0.147. The van der Waals surface area contributed by atoms with Crippen LogP contribution in [0.25, 0.3) is 0 Å². The lowest BCUT2D eigenvalue weighted by molar-refractivity contribution is 0.0755. The summed E-state index contributed by atoms with van der Waals surface area (Å²) in [7, 11) is 0. The Morgan fingerprint density at radius 3 is 2.58 bits per heavy atom. The second-order valence-electron chi connectivity index (χ2n) is 8.54. The van der Waals surface area contributed by atoms with E-state index in [1.165, 1.54) is 11.1 Å². The average Bonchev–Trinajstić information content (AvgIpc) is 3.29. The zero-order valence-corrected chi connectivity index (χ0v) is 18.9. The molecule has 0 radical (unpaired) electrons. The van der Waals surface area contributed by atoms with Gasteiger partial charge in [-0.25, -0.2) is 0 Å². The molecule has 0 fully saturated rings. The highest BCUT2D eigenvalue weighted by atomic mass is 16.5. The minimum Gasteiger partial charge on any atom is -0.494 e. The summed E-state index contributed by atoms with van der Waals surface area (Å²) in [6.45, 7) is 8.56. The van der Waals surface area contributed by atoms with E-state index < -0.39 is 0 Å². The Kier molecular flexibility index (Phi) is 6.64. The van der Waals surface area contributed by atoms with Crippen molar-refractivity contribution in [1.82, 2.24) is 4.90 Å². The normalized spacial score (nSPS) is 21.2. The molecule has 2 aromatic carbocycles. The number of rotatable bonds is 8. The quantitative estimate of drug-likeness (QED) is 0.521. The third kappa shape index (κ3) is 4.21. The number of para-hydroxylation sites is 1. The lowest BCUT2D eigenvalue weighted by Gasteiger charge is -2.38. The second kappa shape index (κ2) is 9.59. The molecule has 0 bridgehead atoms. The molecule has 0 spiro atoms. The molecule has 4 nitrogen and oxygen atoms in total. The highest BCUT2D eigenvalue weighted by Crippen LogP contribution is 2.51. The van der Waals surface area contributed by atoms with Gasteiger partial charge in [0.25, 0.3) is 5.91 Å². The number of hydrogen-bond donors (Lipinski definition) is 1. The van der Waals surface area contributed by atoms with E-state index in [1.807, 2.05) is 24.0 Å². The van der Waals surface area contributed by atoms with Gasteiger partial charge in [0.2, 0.25) is 0 Å². The molecule has 2 aromatic rings. The summed E-state index contributed by atoms with van der Waals surface area (Å²) in [6.07, 6.45) is 7.60. The standard InChI is InChI=1S/C27H34N2O2/c1-4-16-29(17-5-2)27(30)19-14-15-24-23(18-19)20-11-9-12-21(20)26(28-24)22-10-7-8-13-25(22)31-6-3/h7-11,13-15,18,20-21,26,28H,4-6,12,16-17H2,1-3H3. The van der Waals surface area contributed by atoms with Gasteiger partial charge in [0.05, 0.1) is 12.6 Å². The molecule has 2 aliphatic rings. The molecule has 1 aliphatic carbocycles. The van der Waals surface area contributed by atoms with Gasteiger partial charge in [-0.05, 0) is 61.9 Å². The van der Waals surface area contributed by atoms with Gasteiger partial charge >= 0.3 is 0 Å². The van der Waals surface area contributed by atoms with E-state index in [0.717, 1.165) is 49.4 Å². The van der Waals surface area contributed by atoms with Crippen LogP contribution in [-0.2, 0) is 0 Å². The molecule has 0 saturated carbocycles. The highest BCUT2D eigenvalue weighted by Gasteiger charge is 2.39. The topological polar surface area (TPSA) is 41.6 Å². The number of ether oxygens (including phenoxy) is 1. The van der Waals surface area contributed by atoms with E-state index in [4.69, 9.17) is 4.74 Å². The van der Waals surface area contributed by atoms with Crippen LogP contribution in [0.4, 0.5) is 5.69 Å². The monoisotopic (exact) mass is 418 g/mol. The summed E-state index contributed by atoms with van der Waals surface area (Å²) in [4.78, 5) is 15.2. The molecule has 31 heavy (non-hydrogen) atoms. The summed E-state index contributed by atoms with van der Waals surface area (Å²) < 4.78 is 5.94. The number of benzene rings is 2. The number of carbonyl (C=O) groups is 1. The van der Waals surface area contributed by atoms with Gasteiger partial charge < -0.3 is 15.0 Å². The summed E-state index contributed by atoms with van der Waals surface area (Å²) in [5, 5.41) is 3.78. The Hall–Kier alpha value is -2.75. The van der Waals surface area contributed by atoms with Crippen molar-refractivity contribution in [1.29, 1.82) is 0 Å². The summed E-state index contributed by atoms with van der Waals surface area (Å²) in [5.74, 6) is 1.84. The Morgan fingerprint density at radius 1 is 1.06 bits per heavy atom. The zero-order valence-electron chi connectivity index (χ0n) is 18.9. The predicted molar refractivity (Wildman–Crippen MR) is 127 cm³/mol. The number of nitrogens with zero attached hydrogens (tertiary/aromatic N) is 1. The average molecular weight is 419 g/mol. The van der Waals surface area contributed by atoms with Crippen molar-refractivity contribution in [2.24, 2.45) is 5.92 Å². The van der Waals surface area contributed by atoms with E-state index in [2.05, 4.69) is 61.6 Å². The van der Waals surface area contributed by atoms with Gasteiger partial charge in [0.1, 0.15) is 5.75 Å². The molecule has 164 valence electrons. The van der Waals surface area contributed by atoms with Crippen molar-refractivity contribution in [3.63, 3.8) is 0 Å². The highest BCUT2D eigenvalue weighted by molar-refractivity contribution is 5.95. The van der Waals surface area contributed by atoms with Crippen molar-refractivity contribution in [3.8, 4) is 5.75 Å². The van der Waals surface area contributed by atoms with Gasteiger partial charge in [-0.3, -0.25) is 4.79 Å². The maximum absolute atomic E-state index is 13.2. The van der Waals surface area contributed by atoms with E-state index >= 15 is 0 Å². The van der Waals surface area contributed by atoms with E-state index in [0.29, 0.717) is 18.4 Å². The Balaban J connectivity index is 1.67. The first-order valence-corrected chi connectivity index (χ1v) is 11.8. The largest absolute Gasteiger partial charge is 0.494 e. The van der Waals surface area contributed by atoms with E-state index in [-0.39, 0.29) is 11.9 Å². The smallest absolute Gasteiger partial charge is 0.253 e. The van der Waals surface area contributed by atoms with Gasteiger partial charge in [0.15, 0.2) is 0 Å². The van der Waals surface area contributed by atoms with Crippen LogP contribution in [-0.4, -0.2) is 30.5 Å². The van der Waals surface area contributed by atoms with Gasteiger partial charge in [0, 0.05) is 35.8 Å². The molecule has 1 amide bonds. The van der Waals surface area contributed by atoms with Crippen molar-refractivity contribution >= 4 is 11.6 Å². The number of amides is 1. The third-order valence-corrected chi connectivity index (χ3v) is 6.44. The van der Waals surface area contributed by atoms with Gasteiger partial charge in [-0.15, -0.1) is 0 Å². The molecular formula is C27H34N2O2. The summed E-state index contributed by atoms with van der Waals surface area (Å²) in [6, 6.07) is 14.7. The number of nitrogens with one attached hydrogen (secondary N) is 1. The van der Waals surface area contributed by atoms with Gasteiger partial charge in [-0.2, -0.15) is 0 Å². The van der Waals surface area contributed by atoms with Crippen LogP contribution in [0.15, 0.2) is 54.6 Å². The maximum atomic E-state index is 13.2. The number of carbonyl (C=O) groups excluding carboxylic acids is 1. The van der Waals surface area contributed by atoms with E-state index in [1.54, 1.807) is 0 Å². The molecule has 0 saturated heterocycles. The molecule has 4 rings (SSSR count). The number of fused-ring (bicyclic) bond motifs is 3. The van der Waals surface area contributed by atoms with Crippen molar-refractivity contribution in [3.05, 3.63) is 71.3 Å². The summed E-state index contributed by atoms with van der Waals surface area (Å²) >= 11 is 0. The van der Waals surface area contributed by atoms with Crippen LogP contribution in [0.1, 0.15) is 73.5 Å². The first-order valence-electron chi connectivity index (χ1n) is 11.8.